The van der Waals surface area contributed by atoms with Crippen molar-refractivity contribution in [1.82, 2.24) is 5.32 Å². The molecule has 0 spiro atoms. The van der Waals surface area contributed by atoms with Crippen molar-refractivity contribution in [3.05, 3.63) is 23.0 Å². The Labute approximate surface area is 200 Å². The number of ether oxygens (including phenoxy) is 1. The van der Waals surface area contributed by atoms with Crippen LogP contribution < -0.4 is 5.32 Å². The van der Waals surface area contributed by atoms with E-state index in [1.807, 2.05) is 0 Å². The minimum Gasteiger partial charge on any atom is -0.494 e. The topological polar surface area (TPSA) is 58.6 Å². The maximum Gasteiger partial charge on any atom is 0.216 e. The minimum absolute atomic E-state index is 0.0569. The number of carbonyl (C=O) groups is 1. The molecule has 0 bridgehead atoms. The van der Waals surface area contributed by atoms with Crippen molar-refractivity contribution < 1.29 is 14.6 Å². The van der Waals surface area contributed by atoms with E-state index in [4.69, 9.17) is 4.74 Å². The molecule has 184 valence electrons. The lowest BCUT2D eigenvalue weighted by Gasteiger charge is -2.57. The van der Waals surface area contributed by atoms with Crippen LogP contribution in [0.4, 0.5) is 0 Å². The molecule has 0 aromatic rings. The Morgan fingerprint density at radius 3 is 2.82 bits per heavy atom. The molecule has 5 rings (SSSR count). The van der Waals surface area contributed by atoms with Gasteiger partial charge < -0.3 is 15.2 Å². The van der Waals surface area contributed by atoms with Crippen LogP contribution in [0.3, 0.4) is 0 Å². The highest BCUT2D eigenvalue weighted by Gasteiger charge is 2.63. The van der Waals surface area contributed by atoms with E-state index in [0.717, 1.165) is 56.4 Å². The van der Waals surface area contributed by atoms with Gasteiger partial charge >= 0.3 is 0 Å². The summed E-state index contributed by atoms with van der Waals surface area (Å²) in [4.78, 5) is 11.2. The van der Waals surface area contributed by atoms with E-state index in [-0.39, 0.29) is 12.0 Å². The summed E-state index contributed by atoms with van der Waals surface area (Å²) in [6.07, 6.45) is 13.0. The summed E-state index contributed by atoms with van der Waals surface area (Å²) in [7, 11) is 0. The zero-order valence-corrected chi connectivity index (χ0v) is 21.5. The molecule has 0 saturated heterocycles. The highest BCUT2D eigenvalue weighted by Crippen LogP contribution is 2.68. The first-order valence-electron chi connectivity index (χ1n) is 13.6. The molecule has 1 heterocycles. The minimum atomic E-state index is -0.124. The smallest absolute Gasteiger partial charge is 0.216 e. The van der Waals surface area contributed by atoms with Gasteiger partial charge in [0.1, 0.15) is 6.10 Å². The molecule has 3 fully saturated rings. The Balaban J connectivity index is 1.30. The summed E-state index contributed by atoms with van der Waals surface area (Å²) in [6, 6.07) is 0. The highest BCUT2D eigenvalue weighted by molar-refractivity contribution is 5.72. The van der Waals surface area contributed by atoms with Crippen LogP contribution in [0.5, 0.6) is 0 Å². The van der Waals surface area contributed by atoms with Crippen molar-refractivity contribution in [2.24, 2.45) is 40.4 Å². The molecule has 1 aliphatic heterocycles. The van der Waals surface area contributed by atoms with Crippen LogP contribution in [0.25, 0.3) is 0 Å². The first kappa shape index (κ1) is 23.5. The highest BCUT2D eigenvalue weighted by atomic mass is 16.5. The van der Waals surface area contributed by atoms with E-state index >= 15 is 0 Å². The monoisotopic (exact) mass is 455 g/mol. The fourth-order valence-electron chi connectivity index (χ4n) is 9.02. The first-order chi connectivity index (χ1) is 15.6. The molecule has 0 aromatic heterocycles. The van der Waals surface area contributed by atoms with Crippen molar-refractivity contribution >= 4 is 5.91 Å². The van der Waals surface area contributed by atoms with Gasteiger partial charge in [0.05, 0.1) is 11.9 Å². The average molecular weight is 456 g/mol. The third-order valence-corrected chi connectivity index (χ3v) is 10.8. The van der Waals surface area contributed by atoms with Crippen molar-refractivity contribution in [2.45, 2.75) is 105 Å². The molecule has 0 aromatic carbocycles. The first-order valence-corrected chi connectivity index (χ1v) is 13.6. The SMILES string of the molecule is CC(=O)NC[C@H](C)CCC1=C(C)[C@H]2[C@H](C[C@H]3[C@H]4CC=C5C[C@@H](O)CC[C@]5(C)[C@@H]4CC[C@@]32C)O1. The molecule has 0 unspecified atom stereocenters. The van der Waals surface area contributed by atoms with Gasteiger partial charge in [-0.25, -0.2) is 0 Å². The molecular weight excluding hydrogens is 410 g/mol. The largest absolute Gasteiger partial charge is 0.494 e. The Bertz CT molecular complexity index is 861. The standard InChI is InChI=1S/C29H45NO3/c1-17(16-30-19(3)31)6-9-25-18(2)27-26(33-25)15-24-22-8-7-20-14-21(32)10-12-28(20,4)23(22)11-13-29(24,27)5/h7,17,21-24,26-27,32H,6,8-16H2,1-5H3,(H,30,31)/t17-,21+,22+,23-,24+,26+,27+,28+,29+/m1/s1. The van der Waals surface area contributed by atoms with Gasteiger partial charge in [-0.3, -0.25) is 4.79 Å². The number of nitrogens with one attached hydrogen (secondary N) is 1. The van der Waals surface area contributed by atoms with E-state index in [0.29, 0.717) is 28.8 Å². The number of allylic oxidation sites excluding steroid dienone is 2. The molecule has 1 amide bonds. The second kappa shape index (κ2) is 8.43. The van der Waals surface area contributed by atoms with E-state index in [1.54, 1.807) is 12.5 Å². The van der Waals surface area contributed by atoms with E-state index in [9.17, 15) is 9.90 Å². The number of rotatable bonds is 5. The fourth-order valence-corrected chi connectivity index (χ4v) is 9.02. The molecule has 5 aliphatic rings. The van der Waals surface area contributed by atoms with Crippen LogP contribution in [0.2, 0.25) is 0 Å². The lowest BCUT2D eigenvalue weighted by atomic mass is 9.47. The van der Waals surface area contributed by atoms with Crippen molar-refractivity contribution in [1.29, 1.82) is 0 Å². The molecule has 4 nitrogen and oxygen atoms in total. The zero-order valence-electron chi connectivity index (χ0n) is 21.5. The quantitative estimate of drug-likeness (QED) is 0.518. The molecule has 2 N–H and O–H groups in total. The van der Waals surface area contributed by atoms with Crippen molar-refractivity contribution in [2.75, 3.05) is 6.54 Å². The van der Waals surface area contributed by atoms with E-state index < -0.39 is 0 Å². The summed E-state index contributed by atoms with van der Waals surface area (Å²) < 4.78 is 6.70. The third-order valence-electron chi connectivity index (χ3n) is 10.8. The average Bonchev–Trinajstić information content (AvgIpc) is 3.24. The summed E-state index contributed by atoms with van der Waals surface area (Å²) in [5, 5.41) is 13.2. The number of aliphatic hydroxyl groups is 1. The molecule has 4 heteroatoms. The number of hydrogen-bond donors (Lipinski definition) is 2. The van der Waals surface area contributed by atoms with Gasteiger partial charge in [0, 0.05) is 25.8 Å². The number of aliphatic hydroxyl groups excluding tert-OH is 1. The fraction of sp³-hybridized carbons (Fsp3) is 0.828. The summed E-state index contributed by atoms with van der Waals surface area (Å²) in [5.74, 6) is 4.66. The van der Waals surface area contributed by atoms with Gasteiger partial charge in [-0.05, 0) is 98.4 Å². The maximum absolute atomic E-state index is 11.2. The van der Waals surface area contributed by atoms with Gasteiger partial charge in [-0.15, -0.1) is 0 Å². The van der Waals surface area contributed by atoms with Crippen LogP contribution >= 0.6 is 0 Å². The predicted molar refractivity (Wildman–Crippen MR) is 131 cm³/mol. The van der Waals surface area contributed by atoms with Crippen LogP contribution in [-0.2, 0) is 9.53 Å². The van der Waals surface area contributed by atoms with E-state index in [2.05, 4.69) is 39.1 Å². The van der Waals surface area contributed by atoms with E-state index in [1.165, 1.54) is 37.0 Å². The van der Waals surface area contributed by atoms with Crippen LogP contribution in [0.15, 0.2) is 23.0 Å². The zero-order chi connectivity index (χ0) is 23.5. The van der Waals surface area contributed by atoms with Gasteiger partial charge in [-0.2, -0.15) is 0 Å². The Hall–Kier alpha value is -1.29. The molecule has 0 radical (unpaired) electrons. The third kappa shape index (κ3) is 3.79. The van der Waals surface area contributed by atoms with Gasteiger partial charge in [0.25, 0.3) is 0 Å². The van der Waals surface area contributed by atoms with Crippen LogP contribution in [-0.4, -0.2) is 29.8 Å². The Morgan fingerprint density at radius 2 is 2.06 bits per heavy atom. The predicted octanol–water partition coefficient (Wildman–Crippen LogP) is 5.76. The van der Waals surface area contributed by atoms with Gasteiger partial charge in [0.2, 0.25) is 5.91 Å². The number of hydrogen-bond acceptors (Lipinski definition) is 3. The number of fused-ring (bicyclic) bond motifs is 7. The van der Waals surface area contributed by atoms with Crippen LogP contribution in [0, 0.1) is 40.4 Å². The molecule has 3 saturated carbocycles. The normalized spacial score (nSPS) is 44.7. The van der Waals surface area contributed by atoms with Gasteiger partial charge in [0.15, 0.2) is 0 Å². The Morgan fingerprint density at radius 1 is 1.27 bits per heavy atom. The number of amides is 1. The molecular formula is C29H45NO3. The summed E-state index contributed by atoms with van der Waals surface area (Å²) >= 11 is 0. The molecule has 4 aliphatic carbocycles. The van der Waals surface area contributed by atoms with Crippen molar-refractivity contribution in [3.8, 4) is 0 Å². The Kier molecular flexibility index (Phi) is 5.99. The second-order valence-corrected chi connectivity index (χ2v) is 12.8. The van der Waals surface area contributed by atoms with Crippen LogP contribution in [0.1, 0.15) is 92.4 Å². The van der Waals surface area contributed by atoms with Gasteiger partial charge in [-0.1, -0.05) is 32.4 Å². The maximum atomic E-state index is 11.2. The lowest BCUT2D eigenvalue weighted by Crippen LogP contribution is -2.50. The molecule has 9 atom stereocenters. The second-order valence-electron chi connectivity index (χ2n) is 12.8. The lowest BCUT2D eigenvalue weighted by molar-refractivity contribution is -0.119. The number of carbonyl (C=O) groups excluding carboxylic acids is 1. The summed E-state index contributed by atoms with van der Waals surface area (Å²) in [5.41, 5.74) is 3.75. The van der Waals surface area contributed by atoms with Crippen molar-refractivity contribution in [3.63, 3.8) is 0 Å². The summed E-state index contributed by atoms with van der Waals surface area (Å²) in [6.45, 7) is 12.0. The molecule has 33 heavy (non-hydrogen) atoms.